The first-order valence-corrected chi connectivity index (χ1v) is 11.5. The quantitative estimate of drug-likeness (QED) is 0.208. The van der Waals surface area contributed by atoms with Gasteiger partial charge in [0.15, 0.2) is 5.78 Å². The van der Waals surface area contributed by atoms with E-state index >= 15 is 0 Å². The molecule has 0 aliphatic heterocycles. The molecule has 3 aromatic heterocycles. The van der Waals surface area contributed by atoms with Crippen LogP contribution < -0.4 is 10.6 Å². The van der Waals surface area contributed by atoms with Gasteiger partial charge in [-0.15, -0.1) is 0 Å². The highest BCUT2D eigenvalue weighted by molar-refractivity contribution is 6.33. The zero-order valence-corrected chi connectivity index (χ0v) is 20.1. The summed E-state index contributed by atoms with van der Waals surface area (Å²) in [5, 5.41) is 5.33. The minimum Gasteiger partial charge on any atom is -0.345 e. The maximum atomic E-state index is 13.4. The summed E-state index contributed by atoms with van der Waals surface area (Å²) in [7, 11) is 0. The van der Waals surface area contributed by atoms with Crippen LogP contribution in [0.5, 0.6) is 0 Å². The second-order valence-electron chi connectivity index (χ2n) is 8.25. The Morgan fingerprint density at radius 3 is 2.50 bits per heavy atom. The zero-order valence-electron chi connectivity index (χ0n) is 19.3. The number of hydrogen-bond acceptors (Lipinski definition) is 4. The number of ketones is 1. The first-order valence-electron chi connectivity index (χ1n) is 11.2. The molecule has 0 aliphatic rings. The third kappa shape index (κ3) is 5.21. The molecule has 2 amide bonds. The van der Waals surface area contributed by atoms with Crippen molar-refractivity contribution in [1.82, 2.24) is 15.0 Å². The number of fused-ring (bicyclic) bond motifs is 1. The van der Waals surface area contributed by atoms with Gasteiger partial charge in [0.05, 0.1) is 16.3 Å². The van der Waals surface area contributed by atoms with Crippen molar-refractivity contribution in [3.05, 3.63) is 107 Å². The van der Waals surface area contributed by atoms with Gasteiger partial charge in [0.1, 0.15) is 5.65 Å². The van der Waals surface area contributed by atoms with E-state index < -0.39 is 17.8 Å². The van der Waals surface area contributed by atoms with Gasteiger partial charge in [-0.05, 0) is 42.5 Å². The molecule has 0 bridgehead atoms. The van der Waals surface area contributed by atoms with Crippen LogP contribution >= 0.6 is 11.6 Å². The number of nitrogens with zero attached hydrogens (tertiary/aromatic N) is 2. The Morgan fingerprint density at radius 2 is 1.76 bits per heavy atom. The monoisotopic (exact) mass is 535 g/mol. The van der Waals surface area contributed by atoms with Crippen LogP contribution in [0.25, 0.3) is 22.2 Å². The SMILES string of the molecule is O=C(Nc1cccc(C(=O)c2c[nH]c3ncc(-c4cccnc4)cc23)c1)Nc1ccc(C(F)(F)F)cc1Cl. The van der Waals surface area contributed by atoms with Gasteiger partial charge in [-0.2, -0.15) is 13.2 Å². The molecule has 38 heavy (non-hydrogen) atoms. The van der Waals surface area contributed by atoms with Crippen LogP contribution in [0.3, 0.4) is 0 Å². The van der Waals surface area contributed by atoms with Gasteiger partial charge >= 0.3 is 12.2 Å². The first kappa shape index (κ1) is 25.0. The molecule has 0 saturated carbocycles. The van der Waals surface area contributed by atoms with Gasteiger partial charge in [0, 0.05) is 58.1 Å². The fraction of sp³-hybridized carbons (Fsp3) is 0.0370. The summed E-state index contributed by atoms with van der Waals surface area (Å²) in [4.78, 5) is 37.3. The van der Waals surface area contributed by atoms with E-state index in [2.05, 4.69) is 25.6 Å². The number of carbonyl (C=O) groups excluding carboxylic acids is 2. The number of nitrogens with one attached hydrogen (secondary N) is 3. The number of rotatable bonds is 5. The second kappa shape index (κ2) is 9.98. The minimum atomic E-state index is -4.56. The molecule has 0 atom stereocenters. The van der Waals surface area contributed by atoms with Gasteiger partial charge < -0.3 is 15.6 Å². The van der Waals surface area contributed by atoms with Crippen LogP contribution in [0.15, 0.2) is 85.5 Å². The average molecular weight is 536 g/mol. The molecule has 0 fully saturated rings. The number of halogens is 4. The molecule has 3 heterocycles. The number of anilines is 2. The van der Waals surface area contributed by atoms with Crippen LogP contribution in [0.1, 0.15) is 21.5 Å². The van der Waals surface area contributed by atoms with Crippen LogP contribution in [-0.4, -0.2) is 26.8 Å². The van der Waals surface area contributed by atoms with Crippen molar-refractivity contribution >= 4 is 45.8 Å². The number of aromatic amines is 1. The van der Waals surface area contributed by atoms with E-state index in [4.69, 9.17) is 11.6 Å². The number of urea groups is 1. The molecule has 3 N–H and O–H groups in total. The standard InChI is InChI=1S/C27H17ClF3N5O2/c28-22-11-18(27(29,30)31)6-7-23(22)36-26(38)35-19-5-1-3-15(9-19)24(37)21-14-34-25-20(21)10-17(13-33-25)16-4-2-8-32-12-16/h1-14H,(H,33,34)(H2,35,36,38). The Balaban J connectivity index is 1.35. The van der Waals surface area contributed by atoms with Crippen molar-refractivity contribution in [2.75, 3.05) is 10.6 Å². The molecule has 190 valence electrons. The van der Waals surface area contributed by atoms with Crippen molar-refractivity contribution in [1.29, 1.82) is 0 Å². The van der Waals surface area contributed by atoms with Crippen molar-refractivity contribution in [2.45, 2.75) is 6.18 Å². The summed E-state index contributed by atoms with van der Waals surface area (Å²) in [6, 6.07) is 13.7. The van der Waals surface area contributed by atoms with Gasteiger partial charge in [-0.25, -0.2) is 9.78 Å². The lowest BCUT2D eigenvalue weighted by Gasteiger charge is -2.12. The Hall–Kier alpha value is -4.70. The molecule has 5 rings (SSSR count). The van der Waals surface area contributed by atoms with E-state index in [1.807, 2.05) is 18.2 Å². The number of carbonyl (C=O) groups is 2. The molecule has 0 radical (unpaired) electrons. The van der Waals surface area contributed by atoms with Gasteiger partial charge in [-0.1, -0.05) is 29.8 Å². The normalized spacial score (nSPS) is 11.4. The summed E-state index contributed by atoms with van der Waals surface area (Å²) >= 11 is 5.91. The molecule has 0 saturated heterocycles. The van der Waals surface area contributed by atoms with E-state index in [1.165, 1.54) is 6.07 Å². The maximum Gasteiger partial charge on any atom is 0.416 e. The third-order valence-corrected chi connectivity index (χ3v) is 6.01. The van der Waals surface area contributed by atoms with Crippen molar-refractivity contribution in [3.63, 3.8) is 0 Å². The summed E-state index contributed by atoms with van der Waals surface area (Å²) < 4.78 is 38.5. The maximum absolute atomic E-state index is 13.4. The lowest BCUT2D eigenvalue weighted by atomic mass is 10.0. The Kier molecular flexibility index (Phi) is 6.56. The number of pyridine rings is 2. The van der Waals surface area contributed by atoms with Gasteiger partial charge in [0.25, 0.3) is 0 Å². The topological polar surface area (TPSA) is 99.8 Å². The highest BCUT2D eigenvalue weighted by atomic mass is 35.5. The lowest BCUT2D eigenvalue weighted by molar-refractivity contribution is -0.137. The van der Waals surface area contributed by atoms with Crippen LogP contribution in [0, 0.1) is 0 Å². The lowest BCUT2D eigenvalue weighted by Crippen LogP contribution is -2.20. The average Bonchev–Trinajstić information content (AvgIpc) is 3.33. The Bertz CT molecular complexity index is 1670. The highest BCUT2D eigenvalue weighted by Crippen LogP contribution is 2.34. The molecule has 7 nitrogen and oxygen atoms in total. The van der Waals surface area contributed by atoms with Crippen LogP contribution in [0.2, 0.25) is 5.02 Å². The van der Waals surface area contributed by atoms with Crippen molar-refractivity contribution < 1.29 is 22.8 Å². The minimum absolute atomic E-state index is 0.000102. The number of aromatic nitrogens is 3. The van der Waals surface area contributed by atoms with Gasteiger partial charge in [0.2, 0.25) is 0 Å². The number of H-pyrrole nitrogens is 1. The van der Waals surface area contributed by atoms with Crippen molar-refractivity contribution in [2.24, 2.45) is 0 Å². The van der Waals surface area contributed by atoms with E-state index in [1.54, 1.807) is 43.0 Å². The van der Waals surface area contributed by atoms with Crippen LogP contribution in [-0.2, 0) is 6.18 Å². The number of benzene rings is 2. The van der Waals surface area contributed by atoms with Crippen LogP contribution in [0.4, 0.5) is 29.3 Å². The fourth-order valence-electron chi connectivity index (χ4n) is 3.85. The summed E-state index contributed by atoms with van der Waals surface area (Å²) in [6.07, 6.45) is 2.08. The first-order chi connectivity index (χ1) is 18.2. The molecule has 11 heteroatoms. The van der Waals surface area contributed by atoms with Crippen molar-refractivity contribution in [3.8, 4) is 11.1 Å². The van der Waals surface area contributed by atoms with E-state index in [-0.39, 0.29) is 16.5 Å². The molecule has 0 spiro atoms. The summed E-state index contributed by atoms with van der Waals surface area (Å²) in [6.45, 7) is 0. The fourth-order valence-corrected chi connectivity index (χ4v) is 4.08. The molecular formula is C27H17ClF3N5O2. The second-order valence-corrected chi connectivity index (χ2v) is 8.65. The predicted octanol–water partition coefficient (Wildman–Crippen LogP) is 7.17. The molecular weight excluding hydrogens is 519 g/mol. The zero-order chi connectivity index (χ0) is 26.9. The molecule has 0 unspecified atom stereocenters. The predicted molar refractivity (Wildman–Crippen MR) is 138 cm³/mol. The molecule has 5 aromatic rings. The number of alkyl halides is 3. The molecule has 0 aliphatic carbocycles. The smallest absolute Gasteiger partial charge is 0.345 e. The molecule has 2 aromatic carbocycles. The largest absolute Gasteiger partial charge is 0.416 e. The number of hydrogen-bond donors (Lipinski definition) is 3. The summed E-state index contributed by atoms with van der Waals surface area (Å²) in [5.41, 5.74) is 2.27. The van der Waals surface area contributed by atoms with Gasteiger partial charge in [-0.3, -0.25) is 9.78 Å². The van der Waals surface area contributed by atoms with E-state index in [0.717, 1.165) is 29.3 Å². The summed E-state index contributed by atoms with van der Waals surface area (Å²) in [5.74, 6) is -0.295. The number of amides is 2. The Morgan fingerprint density at radius 1 is 0.921 bits per heavy atom. The van der Waals surface area contributed by atoms with E-state index in [0.29, 0.717) is 27.8 Å². The van der Waals surface area contributed by atoms with E-state index in [9.17, 15) is 22.8 Å². The third-order valence-electron chi connectivity index (χ3n) is 5.70. The Labute approximate surface area is 218 Å². The highest BCUT2D eigenvalue weighted by Gasteiger charge is 2.31.